The van der Waals surface area contributed by atoms with Crippen molar-refractivity contribution in [3.05, 3.63) is 17.7 Å². The van der Waals surface area contributed by atoms with E-state index in [4.69, 9.17) is 14.2 Å². The van der Waals surface area contributed by atoms with Crippen molar-refractivity contribution in [1.29, 1.82) is 0 Å². The third-order valence-electron chi connectivity index (χ3n) is 2.27. The molecule has 20 heavy (non-hydrogen) atoms. The maximum absolute atomic E-state index is 11.8. The lowest BCUT2D eigenvalue weighted by atomic mass is 10.2. The zero-order valence-corrected chi connectivity index (χ0v) is 12.5. The second-order valence-electron chi connectivity index (χ2n) is 3.61. The first kappa shape index (κ1) is 16.9. The highest BCUT2D eigenvalue weighted by Gasteiger charge is 2.28. The average molecular weight is 359 g/mol. The van der Waals surface area contributed by atoms with Crippen molar-refractivity contribution in [1.82, 2.24) is 0 Å². The van der Waals surface area contributed by atoms with E-state index in [1.807, 2.05) is 0 Å². The van der Waals surface area contributed by atoms with Crippen LogP contribution in [0.3, 0.4) is 0 Å². The SMILES string of the molecule is COc1cc(CBr)cc(OC)c1OCCOC(F)(F)F. The van der Waals surface area contributed by atoms with E-state index >= 15 is 0 Å². The normalized spacial score (nSPS) is 11.3. The Hall–Kier alpha value is -1.15. The average Bonchev–Trinajstić information content (AvgIpc) is 2.41. The molecule has 0 unspecified atom stereocenters. The van der Waals surface area contributed by atoms with Gasteiger partial charge in [-0.25, -0.2) is 0 Å². The lowest BCUT2D eigenvalue weighted by Crippen LogP contribution is -2.18. The summed E-state index contributed by atoms with van der Waals surface area (Å²) in [6, 6.07) is 3.41. The lowest BCUT2D eigenvalue weighted by molar-refractivity contribution is -0.325. The van der Waals surface area contributed by atoms with Crippen molar-refractivity contribution in [3.63, 3.8) is 0 Å². The van der Waals surface area contributed by atoms with Crippen LogP contribution >= 0.6 is 15.9 Å². The molecule has 0 amide bonds. The number of methoxy groups -OCH3 is 2. The lowest BCUT2D eigenvalue weighted by Gasteiger charge is -2.16. The first-order valence-electron chi connectivity index (χ1n) is 5.55. The molecule has 0 aliphatic carbocycles. The molecule has 0 aliphatic rings. The van der Waals surface area contributed by atoms with Crippen LogP contribution in [-0.2, 0) is 10.1 Å². The van der Waals surface area contributed by atoms with Gasteiger partial charge in [-0.1, -0.05) is 15.9 Å². The first-order valence-corrected chi connectivity index (χ1v) is 6.67. The van der Waals surface area contributed by atoms with Gasteiger partial charge >= 0.3 is 6.36 Å². The summed E-state index contributed by atoms with van der Waals surface area (Å²) in [6.45, 7) is -0.893. The summed E-state index contributed by atoms with van der Waals surface area (Å²) in [4.78, 5) is 0. The van der Waals surface area contributed by atoms with Crippen LogP contribution in [0.5, 0.6) is 17.2 Å². The van der Waals surface area contributed by atoms with Crippen molar-refractivity contribution in [2.45, 2.75) is 11.7 Å². The molecule has 1 aromatic carbocycles. The van der Waals surface area contributed by atoms with Crippen molar-refractivity contribution in [2.24, 2.45) is 0 Å². The van der Waals surface area contributed by atoms with Crippen LogP contribution in [0.2, 0.25) is 0 Å². The maximum Gasteiger partial charge on any atom is 0.522 e. The number of benzene rings is 1. The molecule has 0 radical (unpaired) electrons. The van der Waals surface area contributed by atoms with Crippen molar-refractivity contribution < 1.29 is 32.1 Å². The molecule has 0 aromatic heterocycles. The molecule has 0 saturated heterocycles. The second-order valence-corrected chi connectivity index (χ2v) is 4.17. The maximum atomic E-state index is 11.8. The van der Waals surface area contributed by atoms with Crippen LogP contribution in [0.25, 0.3) is 0 Å². The van der Waals surface area contributed by atoms with Gasteiger partial charge in [0.05, 0.1) is 20.8 Å². The van der Waals surface area contributed by atoms with Crippen molar-refractivity contribution >= 4 is 15.9 Å². The van der Waals surface area contributed by atoms with Gasteiger partial charge in [-0.05, 0) is 17.7 Å². The number of halogens is 4. The molecule has 0 N–H and O–H groups in total. The van der Waals surface area contributed by atoms with Crippen molar-refractivity contribution in [2.75, 3.05) is 27.4 Å². The van der Waals surface area contributed by atoms with E-state index in [0.717, 1.165) is 5.56 Å². The molecule has 0 saturated carbocycles. The topological polar surface area (TPSA) is 36.9 Å². The third kappa shape index (κ3) is 5.09. The van der Waals surface area contributed by atoms with Gasteiger partial charge in [0.2, 0.25) is 5.75 Å². The molecule has 0 aliphatic heterocycles. The summed E-state index contributed by atoms with van der Waals surface area (Å²) in [5.41, 5.74) is 0.887. The zero-order chi connectivity index (χ0) is 15.2. The van der Waals surface area contributed by atoms with E-state index in [-0.39, 0.29) is 12.4 Å². The summed E-state index contributed by atoms with van der Waals surface area (Å²) < 4.78 is 54.7. The predicted octanol–water partition coefficient (Wildman–Crippen LogP) is 3.51. The summed E-state index contributed by atoms with van der Waals surface area (Å²) in [5, 5.41) is 0.581. The van der Waals surface area contributed by atoms with E-state index < -0.39 is 13.0 Å². The van der Waals surface area contributed by atoms with E-state index in [0.29, 0.717) is 16.8 Å². The van der Waals surface area contributed by atoms with Crippen LogP contribution in [0.15, 0.2) is 12.1 Å². The van der Waals surface area contributed by atoms with E-state index in [1.54, 1.807) is 12.1 Å². The van der Waals surface area contributed by atoms with Gasteiger partial charge in [0.15, 0.2) is 11.5 Å². The number of ether oxygens (including phenoxy) is 4. The molecule has 0 spiro atoms. The van der Waals surface area contributed by atoms with Gasteiger partial charge in [-0.2, -0.15) is 0 Å². The summed E-state index contributed by atoms with van der Waals surface area (Å²) in [6.07, 6.45) is -4.67. The largest absolute Gasteiger partial charge is 0.522 e. The molecule has 0 atom stereocenters. The fourth-order valence-corrected chi connectivity index (χ4v) is 1.78. The summed E-state index contributed by atoms with van der Waals surface area (Å²) in [5.74, 6) is 1.00. The minimum Gasteiger partial charge on any atom is -0.493 e. The standard InChI is InChI=1S/C12H14BrF3O4/c1-17-9-5-8(7-13)6-10(18-2)11(9)19-3-4-20-12(14,15)16/h5-6H,3-4,7H2,1-2H3. The third-order valence-corrected chi connectivity index (χ3v) is 2.92. The molecule has 1 rings (SSSR count). The molecule has 8 heteroatoms. The monoisotopic (exact) mass is 358 g/mol. The second kappa shape index (κ2) is 7.58. The van der Waals surface area contributed by atoms with Gasteiger partial charge in [-0.15, -0.1) is 13.2 Å². The highest BCUT2D eigenvalue weighted by atomic mass is 79.9. The molecular weight excluding hydrogens is 345 g/mol. The predicted molar refractivity (Wildman–Crippen MR) is 69.7 cm³/mol. The Morgan fingerprint density at radius 2 is 1.60 bits per heavy atom. The van der Waals surface area contributed by atoms with Crippen LogP contribution in [-0.4, -0.2) is 33.8 Å². The fourth-order valence-electron chi connectivity index (χ4n) is 1.45. The fraction of sp³-hybridized carbons (Fsp3) is 0.500. The minimum atomic E-state index is -4.67. The smallest absolute Gasteiger partial charge is 0.493 e. The van der Waals surface area contributed by atoms with Gasteiger partial charge in [0.1, 0.15) is 6.61 Å². The summed E-state index contributed by atoms with van der Waals surface area (Å²) in [7, 11) is 2.87. The Kier molecular flexibility index (Phi) is 6.41. The number of hydrogen-bond donors (Lipinski definition) is 0. The van der Waals surface area contributed by atoms with E-state index in [9.17, 15) is 13.2 Å². The van der Waals surface area contributed by atoms with Gasteiger partial charge < -0.3 is 14.2 Å². The number of alkyl halides is 4. The van der Waals surface area contributed by atoms with Crippen LogP contribution < -0.4 is 14.2 Å². The van der Waals surface area contributed by atoms with Crippen LogP contribution in [0.4, 0.5) is 13.2 Å². The van der Waals surface area contributed by atoms with Crippen LogP contribution in [0.1, 0.15) is 5.56 Å². The van der Waals surface area contributed by atoms with Gasteiger partial charge in [0.25, 0.3) is 0 Å². The number of hydrogen-bond acceptors (Lipinski definition) is 4. The molecule has 0 heterocycles. The van der Waals surface area contributed by atoms with E-state index in [1.165, 1.54) is 14.2 Å². The molecule has 114 valence electrons. The highest BCUT2D eigenvalue weighted by Crippen LogP contribution is 2.39. The molecule has 0 fully saturated rings. The number of rotatable bonds is 7. The Labute approximate surface area is 122 Å². The van der Waals surface area contributed by atoms with Gasteiger partial charge in [-0.3, -0.25) is 4.74 Å². The van der Waals surface area contributed by atoms with Crippen LogP contribution in [0, 0.1) is 0 Å². The highest BCUT2D eigenvalue weighted by molar-refractivity contribution is 9.08. The summed E-state index contributed by atoms with van der Waals surface area (Å²) >= 11 is 3.30. The quantitative estimate of drug-likeness (QED) is 0.552. The Morgan fingerprint density at radius 1 is 1.05 bits per heavy atom. The van der Waals surface area contributed by atoms with Gasteiger partial charge in [0, 0.05) is 5.33 Å². The molecule has 1 aromatic rings. The Bertz CT molecular complexity index is 412. The Morgan fingerprint density at radius 3 is 2.00 bits per heavy atom. The zero-order valence-electron chi connectivity index (χ0n) is 10.9. The first-order chi connectivity index (χ1) is 9.41. The molecular formula is C12H14BrF3O4. The minimum absolute atomic E-state index is 0.241. The molecule has 4 nitrogen and oxygen atoms in total. The van der Waals surface area contributed by atoms with Crippen molar-refractivity contribution in [3.8, 4) is 17.2 Å². The molecule has 0 bridgehead atoms. The van der Waals surface area contributed by atoms with E-state index in [2.05, 4.69) is 20.7 Å². The Balaban J connectivity index is 2.77.